The quantitative estimate of drug-likeness (QED) is 0.903. The van der Waals surface area contributed by atoms with Gasteiger partial charge in [0.2, 0.25) is 5.91 Å². The smallest absolute Gasteiger partial charge is 0.238 e. The topological polar surface area (TPSA) is 41.6 Å². The minimum atomic E-state index is -0.164. The van der Waals surface area contributed by atoms with Crippen molar-refractivity contribution >= 4 is 46.4 Å². The Bertz CT molecular complexity index is 506. The van der Waals surface area contributed by atoms with Gasteiger partial charge in [-0.25, -0.2) is 0 Å². The average molecular weight is 352 g/mol. The molecule has 0 aliphatic carbocycles. The van der Waals surface area contributed by atoms with Crippen LogP contribution in [0.15, 0.2) is 12.1 Å². The van der Waals surface area contributed by atoms with Gasteiger partial charge in [-0.1, -0.05) is 34.8 Å². The maximum Gasteiger partial charge on any atom is 0.238 e. The molecule has 21 heavy (non-hydrogen) atoms. The van der Waals surface area contributed by atoms with Crippen molar-refractivity contribution in [3.63, 3.8) is 0 Å². The second-order valence-electron chi connectivity index (χ2n) is 5.24. The Morgan fingerprint density at radius 1 is 1.24 bits per heavy atom. The van der Waals surface area contributed by atoms with Gasteiger partial charge in [-0.3, -0.25) is 9.69 Å². The van der Waals surface area contributed by atoms with Crippen LogP contribution in [0.3, 0.4) is 0 Å². The molecule has 0 bridgehead atoms. The molecular weight excluding hydrogens is 335 g/mol. The number of hydrogen-bond donors (Lipinski definition) is 1. The van der Waals surface area contributed by atoms with Gasteiger partial charge >= 0.3 is 0 Å². The van der Waals surface area contributed by atoms with E-state index in [9.17, 15) is 4.79 Å². The summed E-state index contributed by atoms with van der Waals surface area (Å²) < 4.78 is 5.64. The van der Waals surface area contributed by atoms with E-state index in [0.29, 0.717) is 20.8 Å². The molecule has 116 valence electrons. The van der Waals surface area contributed by atoms with Gasteiger partial charge in [0.1, 0.15) is 0 Å². The van der Waals surface area contributed by atoms with Crippen LogP contribution in [-0.2, 0) is 9.53 Å². The number of ether oxygens (including phenoxy) is 1. The molecule has 1 heterocycles. The van der Waals surface area contributed by atoms with E-state index < -0.39 is 0 Å². The van der Waals surface area contributed by atoms with Crippen LogP contribution in [-0.4, -0.2) is 42.6 Å². The Hall–Kier alpha value is -0.520. The molecule has 0 unspecified atom stereocenters. The highest BCUT2D eigenvalue weighted by Gasteiger charge is 2.24. The number of morpholine rings is 1. The van der Waals surface area contributed by atoms with E-state index in [1.54, 1.807) is 12.1 Å². The molecule has 1 amide bonds. The first-order chi connectivity index (χ1) is 9.85. The average Bonchev–Trinajstić information content (AvgIpc) is 2.32. The van der Waals surface area contributed by atoms with Crippen LogP contribution < -0.4 is 5.32 Å². The number of anilines is 1. The van der Waals surface area contributed by atoms with Crippen LogP contribution >= 0.6 is 34.8 Å². The lowest BCUT2D eigenvalue weighted by molar-refractivity contribution is -0.121. The highest BCUT2D eigenvalue weighted by molar-refractivity contribution is 6.42. The van der Waals surface area contributed by atoms with Gasteiger partial charge in [0, 0.05) is 18.1 Å². The summed E-state index contributed by atoms with van der Waals surface area (Å²) in [7, 11) is 0. The van der Waals surface area contributed by atoms with Crippen LogP contribution in [0.1, 0.15) is 13.8 Å². The number of nitrogens with zero attached hydrogens (tertiary/aromatic N) is 1. The predicted octanol–water partition coefficient (Wildman–Crippen LogP) is 3.69. The molecule has 1 aliphatic rings. The van der Waals surface area contributed by atoms with Crippen molar-refractivity contribution in [3.05, 3.63) is 27.2 Å². The largest absolute Gasteiger partial charge is 0.373 e. The third kappa shape index (κ3) is 4.73. The molecule has 2 rings (SSSR count). The number of nitrogens with one attached hydrogen (secondary N) is 1. The van der Waals surface area contributed by atoms with Crippen LogP contribution in [0.5, 0.6) is 0 Å². The summed E-state index contributed by atoms with van der Waals surface area (Å²) in [6.07, 6.45) is 0.230. The van der Waals surface area contributed by atoms with Crippen LogP contribution in [0.25, 0.3) is 0 Å². The van der Waals surface area contributed by atoms with Crippen molar-refractivity contribution in [2.75, 3.05) is 25.0 Å². The first-order valence-electron chi connectivity index (χ1n) is 6.67. The highest BCUT2D eigenvalue weighted by Crippen LogP contribution is 2.33. The fourth-order valence-corrected chi connectivity index (χ4v) is 3.37. The van der Waals surface area contributed by atoms with Crippen LogP contribution in [0.2, 0.25) is 15.1 Å². The third-order valence-corrected chi connectivity index (χ3v) is 3.95. The molecule has 2 atom stereocenters. The lowest BCUT2D eigenvalue weighted by Crippen LogP contribution is -2.48. The maximum atomic E-state index is 12.1. The molecule has 7 heteroatoms. The molecule has 0 radical (unpaired) electrons. The summed E-state index contributed by atoms with van der Waals surface area (Å²) in [6.45, 7) is 5.70. The minimum Gasteiger partial charge on any atom is -0.373 e. The van der Waals surface area contributed by atoms with Gasteiger partial charge in [-0.15, -0.1) is 0 Å². The maximum absolute atomic E-state index is 12.1. The zero-order valence-corrected chi connectivity index (χ0v) is 14.1. The Morgan fingerprint density at radius 3 is 2.29 bits per heavy atom. The summed E-state index contributed by atoms with van der Waals surface area (Å²) in [5.74, 6) is -0.164. The fourth-order valence-electron chi connectivity index (χ4n) is 2.46. The second kappa shape index (κ2) is 7.16. The summed E-state index contributed by atoms with van der Waals surface area (Å²) >= 11 is 17.9. The molecule has 0 aromatic heterocycles. The van der Waals surface area contributed by atoms with Gasteiger partial charge in [-0.2, -0.15) is 0 Å². The molecule has 0 spiro atoms. The minimum absolute atomic E-state index is 0.115. The standard InChI is InChI=1S/C14H17Cl3N2O2/c1-8-5-19(6-9(2)21-8)7-13(20)18-14-11(16)3-10(15)4-12(14)17/h3-4,8-9H,5-7H2,1-2H3,(H,18,20)/t8-,9+. The molecular formula is C14H17Cl3N2O2. The zero-order chi connectivity index (χ0) is 15.6. The summed E-state index contributed by atoms with van der Waals surface area (Å²) in [4.78, 5) is 14.2. The first kappa shape index (κ1) is 16.8. The predicted molar refractivity (Wildman–Crippen MR) is 86.6 cm³/mol. The van der Waals surface area contributed by atoms with E-state index in [1.807, 2.05) is 18.7 Å². The number of benzene rings is 1. The van der Waals surface area contributed by atoms with Crippen molar-refractivity contribution < 1.29 is 9.53 Å². The summed E-state index contributed by atoms with van der Waals surface area (Å²) in [5.41, 5.74) is 0.391. The van der Waals surface area contributed by atoms with E-state index in [-0.39, 0.29) is 24.7 Å². The molecule has 1 aromatic rings. The number of carbonyl (C=O) groups excluding carboxylic acids is 1. The first-order valence-corrected chi connectivity index (χ1v) is 7.80. The van der Waals surface area contributed by atoms with Crippen LogP contribution in [0.4, 0.5) is 5.69 Å². The molecule has 1 saturated heterocycles. The van der Waals surface area contributed by atoms with Crippen molar-refractivity contribution in [2.24, 2.45) is 0 Å². The number of carbonyl (C=O) groups is 1. The number of halogens is 3. The third-order valence-electron chi connectivity index (χ3n) is 3.13. The molecule has 1 aromatic carbocycles. The molecule has 1 N–H and O–H groups in total. The number of amides is 1. The van der Waals surface area contributed by atoms with Crippen molar-refractivity contribution in [1.82, 2.24) is 4.90 Å². The van der Waals surface area contributed by atoms with E-state index in [2.05, 4.69) is 5.32 Å². The Morgan fingerprint density at radius 2 is 1.76 bits per heavy atom. The molecule has 1 fully saturated rings. The monoisotopic (exact) mass is 350 g/mol. The SMILES string of the molecule is C[C@@H]1CN(CC(=O)Nc2c(Cl)cc(Cl)cc2Cl)C[C@H](C)O1. The van der Waals surface area contributed by atoms with Gasteiger partial charge < -0.3 is 10.1 Å². The Kier molecular flexibility index (Phi) is 5.74. The molecule has 4 nitrogen and oxygen atoms in total. The number of hydrogen-bond acceptors (Lipinski definition) is 3. The normalized spacial score (nSPS) is 23.1. The Balaban J connectivity index is 1.99. The van der Waals surface area contributed by atoms with Crippen molar-refractivity contribution in [2.45, 2.75) is 26.1 Å². The highest BCUT2D eigenvalue weighted by atomic mass is 35.5. The Labute approximate surface area is 139 Å². The second-order valence-corrected chi connectivity index (χ2v) is 6.49. The van der Waals surface area contributed by atoms with E-state index >= 15 is 0 Å². The van der Waals surface area contributed by atoms with Crippen molar-refractivity contribution in [1.29, 1.82) is 0 Å². The van der Waals surface area contributed by atoms with E-state index in [0.717, 1.165) is 13.1 Å². The van der Waals surface area contributed by atoms with Crippen molar-refractivity contribution in [3.8, 4) is 0 Å². The summed E-state index contributed by atoms with van der Waals surface area (Å²) in [5, 5.41) is 3.82. The van der Waals surface area contributed by atoms with Gasteiger partial charge in [-0.05, 0) is 26.0 Å². The summed E-state index contributed by atoms with van der Waals surface area (Å²) in [6, 6.07) is 3.09. The van der Waals surface area contributed by atoms with Gasteiger partial charge in [0.05, 0.1) is 34.5 Å². The number of rotatable bonds is 3. The van der Waals surface area contributed by atoms with E-state index in [1.165, 1.54) is 0 Å². The van der Waals surface area contributed by atoms with E-state index in [4.69, 9.17) is 39.5 Å². The lowest BCUT2D eigenvalue weighted by atomic mass is 10.2. The van der Waals surface area contributed by atoms with Gasteiger partial charge in [0.25, 0.3) is 0 Å². The fraction of sp³-hybridized carbons (Fsp3) is 0.500. The molecule has 0 saturated carbocycles. The zero-order valence-electron chi connectivity index (χ0n) is 11.8. The lowest BCUT2D eigenvalue weighted by Gasteiger charge is -2.34. The molecule has 1 aliphatic heterocycles. The van der Waals surface area contributed by atoms with Gasteiger partial charge in [0.15, 0.2) is 0 Å². The van der Waals surface area contributed by atoms with Crippen LogP contribution in [0, 0.1) is 0 Å².